The standard InChI is InChI=1S/C10H8BrNO3/c11-9-5-4-8(3-1-2-6-13)10(7-9)12(14)15/h1,3-7H,2H2. The number of hydrogen-bond donors (Lipinski definition) is 0. The summed E-state index contributed by atoms with van der Waals surface area (Å²) >= 11 is 3.16. The van der Waals surface area contributed by atoms with Gasteiger partial charge in [0, 0.05) is 17.0 Å². The lowest BCUT2D eigenvalue weighted by Gasteiger charge is -1.97. The highest BCUT2D eigenvalue weighted by Crippen LogP contribution is 2.24. The van der Waals surface area contributed by atoms with E-state index in [0.29, 0.717) is 10.0 Å². The molecule has 0 bridgehead atoms. The molecule has 4 nitrogen and oxygen atoms in total. The van der Waals surface area contributed by atoms with Crippen LogP contribution in [0.3, 0.4) is 0 Å². The molecule has 0 radical (unpaired) electrons. The lowest BCUT2D eigenvalue weighted by Crippen LogP contribution is -1.91. The Morgan fingerprint density at radius 2 is 2.20 bits per heavy atom. The summed E-state index contributed by atoms with van der Waals surface area (Å²) in [6, 6.07) is 4.78. The molecule has 0 heterocycles. The molecule has 0 aliphatic rings. The van der Waals surface area contributed by atoms with Crippen molar-refractivity contribution in [3.63, 3.8) is 0 Å². The molecule has 78 valence electrons. The average Bonchev–Trinajstić information content (AvgIpc) is 2.20. The molecule has 0 aliphatic heterocycles. The third kappa shape index (κ3) is 3.28. The number of halogens is 1. The molecule has 15 heavy (non-hydrogen) atoms. The van der Waals surface area contributed by atoms with Crippen LogP contribution in [-0.2, 0) is 4.79 Å². The van der Waals surface area contributed by atoms with E-state index in [1.165, 1.54) is 6.07 Å². The van der Waals surface area contributed by atoms with E-state index in [2.05, 4.69) is 15.9 Å². The molecule has 0 amide bonds. The zero-order valence-electron chi connectivity index (χ0n) is 7.72. The van der Waals surface area contributed by atoms with Crippen molar-refractivity contribution in [3.8, 4) is 0 Å². The van der Waals surface area contributed by atoms with E-state index in [9.17, 15) is 14.9 Å². The molecular weight excluding hydrogens is 262 g/mol. The van der Waals surface area contributed by atoms with Crippen molar-refractivity contribution in [2.45, 2.75) is 6.42 Å². The maximum atomic E-state index is 10.7. The molecule has 0 saturated carbocycles. The van der Waals surface area contributed by atoms with Gasteiger partial charge in [0.25, 0.3) is 5.69 Å². The number of benzene rings is 1. The third-order valence-electron chi connectivity index (χ3n) is 1.72. The van der Waals surface area contributed by atoms with Crippen molar-refractivity contribution < 1.29 is 9.72 Å². The van der Waals surface area contributed by atoms with Crippen LogP contribution < -0.4 is 0 Å². The second-order valence-corrected chi connectivity index (χ2v) is 3.68. The van der Waals surface area contributed by atoms with Crippen LogP contribution in [0.15, 0.2) is 28.7 Å². The fraction of sp³-hybridized carbons (Fsp3) is 0.100. The lowest BCUT2D eigenvalue weighted by molar-refractivity contribution is -0.385. The van der Waals surface area contributed by atoms with E-state index < -0.39 is 4.92 Å². The number of nitrogens with zero attached hydrogens (tertiary/aromatic N) is 1. The van der Waals surface area contributed by atoms with Crippen molar-refractivity contribution in [1.82, 2.24) is 0 Å². The Morgan fingerprint density at radius 1 is 1.47 bits per heavy atom. The van der Waals surface area contributed by atoms with E-state index in [4.69, 9.17) is 0 Å². The first-order valence-corrected chi connectivity index (χ1v) is 4.98. The number of aldehydes is 1. The van der Waals surface area contributed by atoms with Crippen LogP contribution in [0.1, 0.15) is 12.0 Å². The van der Waals surface area contributed by atoms with Crippen LogP contribution >= 0.6 is 15.9 Å². The molecule has 5 heteroatoms. The molecule has 1 aromatic rings. The SMILES string of the molecule is O=CCC=Cc1ccc(Br)cc1[N+](=O)[O-]. The highest BCUT2D eigenvalue weighted by atomic mass is 79.9. The van der Waals surface area contributed by atoms with Crippen LogP contribution in [0, 0.1) is 10.1 Å². The maximum Gasteiger partial charge on any atom is 0.277 e. The fourth-order valence-corrected chi connectivity index (χ4v) is 1.42. The number of carbonyl (C=O) groups excluding carboxylic acids is 1. The summed E-state index contributed by atoms with van der Waals surface area (Å²) in [5, 5.41) is 10.7. The first-order chi connectivity index (χ1) is 7.15. The van der Waals surface area contributed by atoms with Gasteiger partial charge in [0.2, 0.25) is 0 Å². The molecule has 0 spiro atoms. The number of allylic oxidation sites excluding steroid dienone is 1. The van der Waals surface area contributed by atoms with Gasteiger partial charge in [-0.1, -0.05) is 28.1 Å². The minimum atomic E-state index is -0.453. The molecule has 0 aliphatic carbocycles. The molecule has 0 fully saturated rings. The summed E-state index contributed by atoms with van der Waals surface area (Å²) in [5.41, 5.74) is 0.511. The Labute approximate surface area is 94.9 Å². The maximum absolute atomic E-state index is 10.7. The highest BCUT2D eigenvalue weighted by Gasteiger charge is 2.11. The number of nitro groups is 1. The van der Waals surface area contributed by atoms with Crippen LogP contribution in [0.2, 0.25) is 0 Å². The monoisotopic (exact) mass is 269 g/mol. The Bertz CT molecular complexity index is 415. The molecule has 0 unspecified atom stereocenters. The Balaban J connectivity index is 3.05. The molecule has 0 N–H and O–H groups in total. The number of nitro benzene ring substituents is 1. The molecule has 0 saturated heterocycles. The Hall–Kier alpha value is -1.49. The highest BCUT2D eigenvalue weighted by molar-refractivity contribution is 9.10. The zero-order chi connectivity index (χ0) is 11.3. The summed E-state index contributed by atoms with van der Waals surface area (Å²) in [6.45, 7) is 0. The van der Waals surface area contributed by atoms with Crippen molar-refractivity contribution in [3.05, 3.63) is 44.4 Å². The van der Waals surface area contributed by atoms with E-state index in [1.807, 2.05) is 0 Å². The first-order valence-electron chi connectivity index (χ1n) is 4.19. The van der Waals surface area contributed by atoms with E-state index >= 15 is 0 Å². The van der Waals surface area contributed by atoms with Gasteiger partial charge in [-0.05, 0) is 12.1 Å². The van der Waals surface area contributed by atoms with Crippen LogP contribution in [0.4, 0.5) is 5.69 Å². The quantitative estimate of drug-likeness (QED) is 0.480. The summed E-state index contributed by atoms with van der Waals surface area (Å²) in [5.74, 6) is 0. The molecule has 1 rings (SSSR count). The smallest absolute Gasteiger partial charge is 0.277 e. The minimum Gasteiger partial charge on any atom is -0.303 e. The van der Waals surface area contributed by atoms with Gasteiger partial charge < -0.3 is 4.79 Å². The largest absolute Gasteiger partial charge is 0.303 e. The van der Waals surface area contributed by atoms with Crippen LogP contribution in [0.25, 0.3) is 6.08 Å². The second kappa shape index (κ2) is 5.41. The van der Waals surface area contributed by atoms with E-state index in [0.717, 1.165) is 6.29 Å². The average molecular weight is 270 g/mol. The summed E-state index contributed by atoms with van der Waals surface area (Å²) < 4.78 is 0.654. The predicted octanol–water partition coefficient (Wildman–Crippen LogP) is 2.96. The van der Waals surface area contributed by atoms with Gasteiger partial charge in [-0.15, -0.1) is 0 Å². The topological polar surface area (TPSA) is 60.2 Å². The Kier molecular flexibility index (Phi) is 4.17. The van der Waals surface area contributed by atoms with Gasteiger partial charge in [-0.3, -0.25) is 10.1 Å². The van der Waals surface area contributed by atoms with Crippen molar-refractivity contribution >= 4 is 34.0 Å². The van der Waals surface area contributed by atoms with E-state index in [-0.39, 0.29) is 12.1 Å². The molecule has 0 aromatic heterocycles. The first kappa shape index (κ1) is 11.6. The normalized spacial score (nSPS) is 10.5. The Morgan fingerprint density at radius 3 is 2.80 bits per heavy atom. The number of hydrogen-bond acceptors (Lipinski definition) is 3. The van der Waals surface area contributed by atoms with Gasteiger partial charge in [-0.25, -0.2) is 0 Å². The second-order valence-electron chi connectivity index (χ2n) is 2.76. The van der Waals surface area contributed by atoms with Gasteiger partial charge in [-0.2, -0.15) is 0 Å². The van der Waals surface area contributed by atoms with Crippen molar-refractivity contribution in [1.29, 1.82) is 0 Å². The summed E-state index contributed by atoms with van der Waals surface area (Å²) in [6.07, 6.45) is 4.15. The van der Waals surface area contributed by atoms with Crippen molar-refractivity contribution in [2.24, 2.45) is 0 Å². The molecule has 1 aromatic carbocycles. The van der Waals surface area contributed by atoms with Gasteiger partial charge in [0.1, 0.15) is 6.29 Å². The van der Waals surface area contributed by atoms with Gasteiger partial charge in [0.05, 0.1) is 10.5 Å². The van der Waals surface area contributed by atoms with Crippen LogP contribution in [-0.4, -0.2) is 11.2 Å². The minimum absolute atomic E-state index is 0.0199. The van der Waals surface area contributed by atoms with Gasteiger partial charge in [0.15, 0.2) is 0 Å². The molecule has 0 atom stereocenters. The zero-order valence-corrected chi connectivity index (χ0v) is 9.31. The summed E-state index contributed by atoms with van der Waals surface area (Å²) in [7, 11) is 0. The van der Waals surface area contributed by atoms with Crippen LogP contribution in [0.5, 0.6) is 0 Å². The lowest BCUT2D eigenvalue weighted by atomic mass is 10.1. The predicted molar refractivity (Wildman–Crippen MR) is 60.5 cm³/mol. The molecular formula is C10H8BrNO3. The fourth-order valence-electron chi connectivity index (χ4n) is 1.07. The van der Waals surface area contributed by atoms with E-state index in [1.54, 1.807) is 24.3 Å². The number of carbonyl (C=O) groups is 1. The van der Waals surface area contributed by atoms with Gasteiger partial charge >= 0.3 is 0 Å². The number of rotatable bonds is 4. The summed E-state index contributed by atoms with van der Waals surface area (Å²) in [4.78, 5) is 20.3. The van der Waals surface area contributed by atoms with Crippen molar-refractivity contribution in [2.75, 3.05) is 0 Å². The third-order valence-corrected chi connectivity index (χ3v) is 2.21.